The number of amides is 1. The molecule has 3 aromatic rings. The van der Waals surface area contributed by atoms with Gasteiger partial charge in [0.2, 0.25) is 0 Å². The van der Waals surface area contributed by atoms with Gasteiger partial charge in [-0.05, 0) is 30.3 Å². The molecule has 0 spiro atoms. The van der Waals surface area contributed by atoms with Crippen molar-refractivity contribution in [2.24, 2.45) is 0 Å². The van der Waals surface area contributed by atoms with E-state index in [1.807, 2.05) is 0 Å². The molecule has 0 saturated carbocycles. The monoisotopic (exact) mass is 253 g/mol. The van der Waals surface area contributed by atoms with Crippen LogP contribution in [0.4, 0.5) is 11.4 Å². The Hall–Kier alpha value is -2.89. The fourth-order valence-electron chi connectivity index (χ4n) is 1.79. The number of H-pyrrole nitrogens is 1. The molecule has 0 aliphatic carbocycles. The van der Waals surface area contributed by atoms with Crippen LogP contribution in [0, 0.1) is 0 Å². The van der Waals surface area contributed by atoms with Gasteiger partial charge >= 0.3 is 0 Å². The second-order valence-corrected chi connectivity index (χ2v) is 4.07. The number of nitrogens with zero attached hydrogens (tertiary/aromatic N) is 2. The van der Waals surface area contributed by atoms with Crippen LogP contribution in [-0.2, 0) is 0 Å². The molecule has 0 radical (unpaired) electrons. The van der Waals surface area contributed by atoms with Crippen LogP contribution in [-0.4, -0.2) is 21.1 Å². The van der Waals surface area contributed by atoms with Gasteiger partial charge in [0, 0.05) is 17.4 Å². The maximum atomic E-state index is 12.1. The van der Waals surface area contributed by atoms with Gasteiger partial charge in [-0.1, -0.05) is 0 Å². The lowest BCUT2D eigenvalue weighted by atomic mass is 10.2. The van der Waals surface area contributed by atoms with Crippen LogP contribution in [0.3, 0.4) is 0 Å². The van der Waals surface area contributed by atoms with Gasteiger partial charge in [0.25, 0.3) is 5.91 Å². The summed E-state index contributed by atoms with van der Waals surface area (Å²) in [5.74, 6) is -0.200. The van der Waals surface area contributed by atoms with Gasteiger partial charge in [-0.25, -0.2) is 4.98 Å². The number of benzene rings is 1. The molecule has 0 atom stereocenters. The molecule has 2 heterocycles. The standard InChI is InChI=1S/C13H11N5O/c14-9-3-1-8(2-4-9)13(19)17-11-5-6-15-12-10(11)7-16-18-12/h1-7H,14H2,(H2,15,16,17,18,19). The largest absolute Gasteiger partial charge is 0.399 e. The molecule has 1 amide bonds. The molecule has 94 valence electrons. The van der Waals surface area contributed by atoms with Crippen molar-refractivity contribution in [3.05, 3.63) is 48.3 Å². The van der Waals surface area contributed by atoms with Crippen molar-refractivity contribution in [2.45, 2.75) is 0 Å². The van der Waals surface area contributed by atoms with Gasteiger partial charge in [0.15, 0.2) is 5.65 Å². The third kappa shape index (κ3) is 2.11. The zero-order chi connectivity index (χ0) is 13.2. The molecule has 1 aromatic carbocycles. The number of hydrogen-bond acceptors (Lipinski definition) is 4. The van der Waals surface area contributed by atoms with Gasteiger partial charge < -0.3 is 11.1 Å². The van der Waals surface area contributed by atoms with E-state index in [4.69, 9.17) is 5.73 Å². The Kier molecular flexibility index (Phi) is 2.60. The number of rotatable bonds is 2. The first-order chi connectivity index (χ1) is 9.24. The van der Waals surface area contributed by atoms with Crippen molar-refractivity contribution >= 4 is 28.3 Å². The van der Waals surface area contributed by atoms with E-state index in [1.54, 1.807) is 42.7 Å². The number of aromatic amines is 1. The lowest BCUT2D eigenvalue weighted by Gasteiger charge is -2.06. The predicted octanol–water partition coefficient (Wildman–Crippen LogP) is 1.79. The zero-order valence-electron chi connectivity index (χ0n) is 9.92. The third-order valence-electron chi connectivity index (χ3n) is 2.78. The molecule has 0 aliphatic rings. The molecule has 0 unspecified atom stereocenters. The maximum Gasteiger partial charge on any atom is 0.255 e. The Morgan fingerprint density at radius 3 is 2.79 bits per heavy atom. The first-order valence-electron chi connectivity index (χ1n) is 5.69. The maximum absolute atomic E-state index is 12.1. The first-order valence-corrected chi connectivity index (χ1v) is 5.69. The Morgan fingerprint density at radius 2 is 2.00 bits per heavy atom. The van der Waals surface area contributed by atoms with E-state index in [-0.39, 0.29) is 5.91 Å². The molecule has 3 rings (SSSR count). The number of nitrogens with two attached hydrogens (primary N) is 1. The van der Waals surface area contributed by atoms with Gasteiger partial charge in [-0.3, -0.25) is 9.89 Å². The van der Waals surface area contributed by atoms with Crippen LogP contribution in [0.25, 0.3) is 11.0 Å². The normalized spacial score (nSPS) is 10.5. The van der Waals surface area contributed by atoms with Crippen molar-refractivity contribution in [1.29, 1.82) is 0 Å². The minimum atomic E-state index is -0.200. The third-order valence-corrected chi connectivity index (χ3v) is 2.78. The fraction of sp³-hybridized carbons (Fsp3) is 0. The average Bonchev–Trinajstić information content (AvgIpc) is 2.89. The highest BCUT2D eigenvalue weighted by Gasteiger charge is 2.09. The molecule has 0 fully saturated rings. The minimum absolute atomic E-state index is 0.200. The van der Waals surface area contributed by atoms with Crippen molar-refractivity contribution in [2.75, 3.05) is 11.1 Å². The molecular formula is C13H11N5O. The number of pyridine rings is 1. The SMILES string of the molecule is Nc1ccc(C(=O)Nc2ccnc3[nH]ncc23)cc1. The van der Waals surface area contributed by atoms with Crippen molar-refractivity contribution in [3.8, 4) is 0 Å². The van der Waals surface area contributed by atoms with Crippen LogP contribution < -0.4 is 11.1 Å². The van der Waals surface area contributed by atoms with Gasteiger partial charge in [0.1, 0.15) is 0 Å². The number of nitrogens with one attached hydrogen (secondary N) is 2. The number of anilines is 2. The summed E-state index contributed by atoms with van der Waals surface area (Å²) >= 11 is 0. The molecule has 0 bridgehead atoms. The van der Waals surface area contributed by atoms with Crippen LogP contribution in [0.1, 0.15) is 10.4 Å². The number of aromatic nitrogens is 3. The highest BCUT2D eigenvalue weighted by Crippen LogP contribution is 2.19. The lowest BCUT2D eigenvalue weighted by molar-refractivity contribution is 0.102. The van der Waals surface area contributed by atoms with E-state index < -0.39 is 0 Å². The van der Waals surface area contributed by atoms with Gasteiger partial charge in [-0.15, -0.1) is 0 Å². The second kappa shape index (κ2) is 4.41. The summed E-state index contributed by atoms with van der Waals surface area (Å²) in [5, 5.41) is 10.2. The van der Waals surface area contributed by atoms with Crippen LogP contribution in [0.2, 0.25) is 0 Å². The summed E-state index contributed by atoms with van der Waals surface area (Å²) in [6.07, 6.45) is 3.24. The molecule has 0 aliphatic heterocycles. The van der Waals surface area contributed by atoms with Gasteiger partial charge in [0.05, 0.1) is 17.3 Å². The van der Waals surface area contributed by atoms with Crippen molar-refractivity contribution < 1.29 is 4.79 Å². The van der Waals surface area contributed by atoms with E-state index in [0.29, 0.717) is 22.6 Å². The predicted molar refractivity (Wildman–Crippen MR) is 72.7 cm³/mol. The number of carbonyl (C=O) groups excluding carboxylic acids is 1. The van der Waals surface area contributed by atoms with E-state index >= 15 is 0 Å². The van der Waals surface area contributed by atoms with E-state index in [0.717, 1.165) is 5.39 Å². The van der Waals surface area contributed by atoms with Gasteiger partial charge in [-0.2, -0.15) is 5.10 Å². The Morgan fingerprint density at radius 1 is 1.21 bits per heavy atom. The molecule has 6 nitrogen and oxygen atoms in total. The summed E-state index contributed by atoms with van der Waals surface area (Å²) in [7, 11) is 0. The van der Waals surface area contributed by atoms with Crippen molar-refractivity contribution in [3.63, 3.8) is 0 Å². The first kappa shape index (κ1) is 11.2. The summed E-state index contributed by atoms with van der Waals surface area (Å²) < 4.78 is 0. The average molecular weight is 253 g/mol. The Labute approximate surface area is 108 Å². The summed E-state index contributed by atoms with van der Waals surface area (Å²) in [6.45, 7) is 0. The summed E-state index contributed by atoms with van der Waals surface area (Å²) in [4.78, 5) is 16.2. The summed E-state index contributed by atoms with van der Waals surface area (Å²) in [6, 6.07) is 8.47. The molecule has 19 heavy (non-hydrogen) atoms. The Balaban J connectivity index is 1.90. The zero-order valence-corrected chi connectivity index (χ0v) is 9.92. The molecule has 0 saturated heterocycles. The van der Waals surface area contributed by atoms with Crippen molar-refractivity contribution in [1.82, 2.24) is 15.2 Å². The second-order valence-electron chi connectivity index (χ2n) is 4.07. The fourth-order valence-corrected chi connectivity index (χ4v) is 1.79. The van der Waals surface area contributed by atoms with E-state index in [2.05, 4.69) is 20.5 Å². The number of nitrogen functional groups attached to an aromatic ring is 1. The smallest absolute Gasteiger partial charge is 0.255 e. The highest BCUT2D eigenvalue weighted by molar-refractivity contribution is 6.08. The molecular weight excluding hydrogens is 242 g/mol. The lowest BCUT2D eigenvalue weighted by Crippen LogP contribution is -2.12. The number of carbonyl (C=O) groups is 1. The molecule has 2 aromatic heterocycles. The molecule has 6 heteroatoms. The highest BCUT2D eigenvalue weighted by atomic mass is 16.1. The number of hydrogen-bond donors (Lipinski definition) is 3. The summed E-state index contributed by atoms with van der Waals surface area (Å²) in [5.41, 5.74) is 8.06. The Bertz CT molecular complexity index is 732. The van der Waals surface area contributed by atoms with E-state index in [9.17, 15) is 4.79 Å². The quantitative estimate of drug-likeness (QED) is 0.606. The minimum Gasteiger partial charge on any atom is -0.399 e. The van der Waals surface area contributed by atoms with Crippen LogP contribution >= 0.6 is 0 Å². The number of fused-ring (bicyclic) bond motifs is 1. The van der Waals surface area contributed by atoms with Crippen LogP contribution in [0.5, 0.6) is 0 Å². The van der Waals surface area contributed by atoms with E-state index in [1.165, 1.54) is 0 Å². The molecule has 4 N–H and O–H groups in total. The topological polar surface area (TPSA) is 96.7 Å². The van der Waals surface area contributed by atoms with Crippen LogP contribution in [0.15, 0.2) is 42.7 Å².